The molecule has 0 aliphatic heterocycles. The van der Waals surface area contributed by atoms with E-state index in [0.29, 0.717) is 0 Å². The Morgan fingerprint density at radius 2 is 0.379 bits per heavy atom. The number of hydrogen-bond donors (Lipinski definition) is 6. The Hall–Kier alpha value is 1.50. The van der Waals surface area contributed by atoms with Crippen LogP contribution in [-0.4, -0.2) is 24.9 Å². The first-order valence-corrected chi connectivity index (χ1v) is 16.9. The van der Waals surface area contributed by atoms with Crippen LogP contribution in [0.2, 0.25) is 0 Å². The molecule has 0 aromatic rings. The number of hydrogen-bond acceptors (Lipinski definition) is 15. The molecule has 0 aliphatic rings. The van der Waals surface area contributed by atoms with Crippen LogP contribution in [0.3, 0.4) is 0 Å². The Morgan fingerprint density at radius 1 is 0.310 bits per heavy atom. The van der Waals surface area contributed by atoms with E-state index in [1.807, 2.05) is 0 Å². The fraction of sp³-hybridized carbons (Fsp3) is 0. The van der Waals surface area contributed by atoms with Crippen molar-refractivity contribution in [1.29, 1.82) is 0 Å². The minimum absolute atomic E-state index is 0. The van der Waals surface area contributed by atoms with Crippen molar-refractivity contribution in [3.05, 3.63) is 0 Å². The summed E-state index contributed by atoms with van der Waals surface area (Å²) < 4.78 is 169. The summed E-state index contributed by atoms with van der Waals surface area (Å²) in [7, 11) is 0. The van der Waals surface area contributed by atoms with Crippen LogP contribution in [-0.2, 0) is 171 Å². The summed E-state index contributed by atoms with van der Waals surface area (Å²) in [6.07, 6.45) is 0. The van der Waals surface area contributed by atoms with Crippen molar-refractivity contribution < 1.29 is 196 Å². The molecule has 0 atom stereocenters. The molecule has 29 heavy (non-hydrogen) atoms. The molecule has 180 valence electrons. The molecular formula is H6Cr8O21. The molecule has 0 fully saturated rings. The molecule has 0 aromatic heterocycles. The van der Waals surface area contributed by atoms with Gasteiger partial charge in [-0.25, -0.2) is 0 Å². The summed E-state index contributed by atoms with van der Waals surface area (Å²) in [5, 5.41) is 0. The molecule has 0 radical (unpaired) electrons. The van der Waals surface area contributed by atoms with Crippen molar-refractivity contribution in [1.82, 2.24) is 0 Å². The van der Waals surface area contributed by atoms with Crippen molar-refractivity contribution in [2.24, 2.45) is 0 Å². The van der Waals surface area contributed by atoms with E-state index < -0.39 is 81.7 Å². The molecule has 0 heterocycles. The van der Waals surface area contributed by atoms with Crippen LogP contribution in [0.25, 0.3) is 0 Å². The third kappa shape index (κ3) is 58.7. The van der Waals surface area contributed by atoms with Gasteiger partial charge in [0.2, 0.25) is 0 Å². The predicted molar refractivity (Wildman–Crippen MR) is 24.8 cm³/mol. The van der Waals surface area contributed by atoms with E-state index in [1.165, 1.54) is 0 Å². The van der Waals surface area contributed by atoms with Crippen molar-refractivity contribution in [2.45, 2.75) is 0 Å². The van der Waals surface area contributed by atoms with E-state index in [4.69, 9.17) is 24.9 Å². The van der Waals surface area contributed by atoms with Crippen LogP contribution in [0.1, 0.15) is 0 Å². The Balaban J connectivity index is -0.0000000960. The molecular weight excluding hydrogens is 752 g/mol. The van der Waals surface area contributed by atoms with Gasteiger partial charge in [0.05, 0.1) is 0 Å². The first-order chi connectivity index (χ1) is 11.1. The van der Waals surface area contributed by atoms with Crippen LogP contribution in [0.4, 0.5) is 0 Å². The quantitative estimate of drug-likeness (QED) is 0.148. The Labute approximate surface area is 193 Å². The summed E-state index contributed by atoms with van der Waals surface area (Å²) in [4.78, 5) is 0. The standard InChI is InChI=1S/8Cr.6H2O.15O/h;;;;;;;;6*1H2;;;;;;;;;;;;;;;/q;;6*+1;;;;;;;;;;;;;;;;;;;;;/p-6. The zero-order valence-corrected chi connectivity index (χ0v) is 22.3. The fourth-order valence-corrected chi connectivity index (χ4v) is 5.54. The summed E-state index contributed by atoms with van der Waals surface area (Å²) in [6, 6.07) is 0. The maximum absolute atomic E-state index is 9.53. The van der Waals surface area contributed by atoms with E-state index in [0.717, 1.165) is 0 Å². The van der Waals surface area contributed by atoms with Crippen LogP contribution in [0.15, 0.2) is 0 Å². The average molecular weight is 758 g/mol. The monoisotopic (exact) mass is 757 g/mol. The van der Waals surface area contributed by atoms with Crippen molar-refractivity contribution in [3.8, 4) is 0 Å². The Morgan fingerprint density at radius 3 is 0.379 bits per heavy atom. The molecule has 0 amide bonds. The SMILES string of the molecule is [Cr].[Cr].[O]=[Cr](=[O])([OH])[O][Cr](=[O])(=[O])[OH].[O]=[Cr](=[O])([OH])[O][Cr](=[O])(=[O])[OH].[O]=[Cr](=[O])([OH])[O][Cr](=[O])(=[O])[OH]. The third-order valence-electron chi connectivity index (χ3n) is 0.516. The van der Waals surface area contributed by atoms with Gasteiger partial charge < -0.3 is 0 Å². The maximum atomic E-state index is 9.53. The Bertz CT molecular complexity index is 848. The van der Waals surface area contributed by atoms with Gasteiger partial charge in [0.1, 0.15) is 0 Å². The number of rotatable bonds is 6. The summed E-state index contributed by atoms with van der Waals surface area (Å²) in [5.41, 5.74) is 0. The fourth-order valence-electron chi connectivity index (χ4n) is 0.326. The van der Waals surface area contributed by atoms with Crippen LogP contribution in [0, 0.1) is 0 Å². The molecule has 0 aliphatic carbocycles. The molecule has 0 spiro atoms. The normalized spacial score (nSPS) is 12.6. The second kappa shape index (κ2) is 14.6. The van der Waals surface area contributed by atoms with Crippen molar-refractivity contribution in [2.75, 3.05) is 0 Å². The van der Waals surface area contributed by atoms with Crippen LogP contribution < -0.4 is 0 Å². The van der Waals surface area contributed by atoms with Crippen LogP contribution >= 0.6 is 0 Å². The van der Waals surface area contributed by atoms with Gasteiger partial charge >= 0.3 is 161 Å². The van der Waals surface area contributed by atoms with Gasteiger partial charge in [0.25, 0.3) is 0 Å². The Kier molecular flexibility index (Phi) is 20.6. The van der Waals surface area contributed by atoms with E-state index in [-0.39, 0.29) is 34.7 Å². The first-order valence-electron chi connectivity index (χ1n) is 4.10. The van der Waals surface area contributed by atoms with E-state index in [9.17, 15) is 45.6 Å². The molecule has 29 heteroatoms. The second-order valence-corrected chi connectivity index (χ2v) is 14.1. The topological polar surface area (TPSA) is 354 Å². The minimum atomic E-state index is -5.76. The van der Waals surface area contributed by atoms with E-state index in [1.54, 1.807) is 0 Å². The third-order valence-corrected chi connectivity index (χ3v) is 8.77. The molecule has 0 unspecified atom stereocenters. The first kappa shape index (κ1) is 40.8. The zero-order chi connectivity index (χ0) is 23.1. The summed E-state index contributed by atoms with van der Waals surface area (Å²) in [6.45, 7) is 0. The second-order valence-electron chi connectivity index (χ2n) is 2.77. The summed E-state index contributed by atoms with van der Waals surface area (Å²) in [5.74, 6) is 0. The summed E-state index contributed by atoms with van der Waals surface area (Å²) >= 11 is -34.5. The van der Waals surface area contributed by atoms with Gasteiger partial charge in [0.15, 0.2) is 0 Å². The van der Waals surface area contributed by atoms with E-state index in [2.05, 4.69) is 8.52 Å². The predicted octanol–water partition coefficient (Wildman–Crippen LogP) is -4.99. The van der Waals surface area contributed by atoms with Gasteiger partial charge in [0, 0.05) is 34.7 Å². The average Bonchev–Trinajstić information content (AvgIpc) is 1.96. The molecule has 0 bridgehead atoms. The van der Waals surface area contributed by atoms with Crippen LogP contribution in [0.5, 0.6) is 0 Å². The van der Waals surface area contributed by atoms with Gasteiger partial charge in [-0.05, 0) is 0 Å². The molecule has 0 aromatic carbocycles. The van der Waals surface area contributed by atoms with Gasteiger partial charge in [-0.1, -0.05) is 0 Å². The van der Waals surface area contributed by atoms with E-state index >= 15 is 0 Å². The molecule has 6 N–H and O–H groups in total. The zero-order valence-electron chi connectivity index (χ0n) is 12.1. The van der Waals surface area contributed by atoms with Gasteiger partial charge in [-0.2, -0.15) is 0 Å². The van der Waals surface area contributed by atoms with Gasteiger partial charge in [-0.15, -0.1) is 0 Å². The van der Waals surface area contributed by atoms with Gasteiger partial charge in [-0.3, -0.25) is 0 Å². The molecule has 0 saturated carbocycles. The molecule has 0 saturated heterocycles. The molecule has 0 rings (SSSR count). The molecule has 21 nitrogen and oxygen atoms in total. The van der Waals surface area contributed by atoms with Crippen molar-refractivity contribution in [3.63, 3.8) is 0 Å². The van der Waals surface area contributed by atoms with Crippen molar-refractivity contribution >= 4 is 0 Å².